The average molecular weight is 391 g/mol. The SMILES string of the molecule is Cc1nc2c3c(c(C(=O)N4CCC(O)C4)cc2n1C)CCC(c1ccccc1)O3. The van der Waals surface area contributed by atoms with Gasteiger partial charge < -0.3 is 19.3 Å². The third-order valence-electron chi connectivity index (χ3n) is 6.23. The zero-order valence-corrected chi connectivity index (χ0v) is 16.8. The molecule has 0 aliphatic carbocycles. The van der Waals surface area contributed by atoms with Gasteiger partial charge in [-0.25, -0.2) is 4.98 Å². The number of amides is 1. The maximum absolute atomic E-state index is 13.3. The Morgan fingerprint density at radius 1 is 1.24 bits per heavy atom. The number of carbonyl (C=O) groups excluding carboxylic acids is 1. The topological polar surface area (TPSA) is 67.6 Å². The van der Waals surface area contributed by atoms with Crippen LogP contribution in [0.3, 0.4) is 0 Å². The summed E-state index contributed by atoms with van der Waals surface area (Å²) in [7, 11) is 1.96. The third kappa shape index (κ3) is 2.99. The molecule has 1 amide bonds. The van der Waals surface area contributed by atoms with E-state index in [-0.39, 0.29) is 12.0 Å². The lowest BCUT2D eigenvalue weighted by molar-refractivity contribution is 0.0761. The van der Waals surface area contributed by atoms with Crippen LogP contribution in [-0.2, 0) is 13.5 Å². The molecule has 2 aliphatic rings. The van der Waals surface area contributed by atoms with Gasteiger partial charge >= 0.3 is 0 Å². The number of imidazole rings is 1. The molecule has 6 nitrogen and oxygen atoms in total. The number of β-amino-alcohol motifs (C(OH)–C–C–N with tert-alkyl or cyclic N) is 1. The number of aryl methyl sites for hydroxylation is 2. The van der Waals surface area contributed by atoms with Crippen molar-refractivity contribution in [1.29, 1.82) is 0 Å². The van der Waals surface area contributed by atoms with Gasteiger partial charge in [0.2, 0.25) is 0 Å². The van der Waals surface area contributed by atoms with Gasteiger partial charge in [-0.15, -0.1) is 0 Å². The highest BCUT2D eigenvalue weighted by molar-refractivity contribution is 6.01. The minimum atomic E-state index is -0.434. The number of ether oxygens (including phenoxy) is 1. The van der Waals surface area contributed by atoms with Gasteiger partial charge in [0.05, 0.1) is 11.6 Å². The number of benzene rings is 2. The van der Waals surface area contributed by atoms with Crippen molar-refractivity contribution in [3.8, 4) is 5.75 Å². The number of likely N-dealkylation sites (tertiary alicyclic amines) is 1. The number of aliphatic hydroxyl groups is 1. The second-order valence-electron chi connectivity index (χ2n) is 8.07. The number of hydrogen-bond acceptors (Lipinski definition) is 4. The first-order valence-electron chi connectivity index (χ1n) is 10.2. The van der Waals surface area contributed by atoms with Crippen molar-refractivity contribution in [3.63, 3.8) is 0 Å². The quantitative estimate of drug-likeness (QED) is 0.729. The molecule has 150 valence electrons. The van der Waals surface area contributed by atoms with Crippen LogP contribution in [0.15, 0.2) is 36.4 Å². The van der Waals surface area contributed by atoms with Crippen molar-refractivity contribution in [3.05, 3.63) is 58.9 Å². The van der Waals surface area contributed by atoms with E-state index in [2.05, 4.69) is 12.1 Å². The van der Waals surface area contributed by atoms with E-state index in [1.807, 2.05) is 42.8 Å². The Labute approximate surface area is 169 Å². The maximum atomic E-state index is 13.3. The standard InChI is InChI=1S/C23H25N3O3/c1-14-24-21-19(25(14)2)12-18(23(28)26-11-10-16(27)13-26)17-8-9-20(29-22(17)21)15-6-4-3-5-7-15/h3-7,12,16,20,27H,8-11,13H2,1-2H3. The maximum Gasteiger partial charge on any atom is 0.254 e. The Bertz CT molecular complexity index is 1090. The van der Waals surface area contributed by atoms with E-state index in [4.69, 9.17) is 9.72 Å². The summed E-state index contributed by atoms with van der Waals surface area (Å²) in [6.07, 6.45) is 1.73. The lowest BCUT2D eigenvalue weighted by atomic mass is 9.93. The Morgan fingerprint density at radius 2 is 2.03 bits per heavy atom. The molecule has 5 rings (SSSR count). The van der Waals surface area contributed by atoms with Gasteiger partial charge in [-0.05, 0) is 37.8 Å². The molecule has 2 aromatic carbocycles. The first kappa shape index (κ1) is 18.2. The molecule has 29 heavy (non-hydrogen) atoms. The van der Waals surface area contributed by atoms with E-state index in [0.29, 0.717) is 25.1 Å². The van der Waals surface area contributed by atoms with Gasteiger partial charge in [0.25, 0.3) is 5.91 Å². The molecule has 0 saturated carbocycles. The summed E-state index contributed by atoms with van der Waals surface area (Å²) in [5.41, 5.74) is 4.47. The van der Waals surface area contributed by atoms with Crippen molar-refractivity contribution in [2.75, 3.05) is 13.1 Å². The average Bonchev–Trinajstić information content (AvgIpc) is 3.31. The second kappa shape index (κ2) is 6.88. The molecule has 3 heterocycles. The van der Waals surface area contributed by atoms with Gasteiger partial charge in [0.1, 0.15) is 17.4 Å². The first-order valence-corrected chi connectivity index (χ1v) is 10.2. The monoisotopic (exact) mass is 391 g/mol. The molecule has 1 aromatic heterocycles. The molecule has 3 aromatic rings. The Kier molecular flexibility index (Phi) is 4.32. The lowest BCUT2D eigenvalue weighted by Crippen LogP contribution is -2.31. The zero-order chi connectivity index (χ0) is 20.1. The summed E-state index contributed by atoms with van der Waals surface area (Å²) < 4.78 is 8.48. The Balaban J connectivity index is 1.63. The normalized spacial score (nSPS) is 21.3. The number of aromatic nitrogens is 2. The molecule has 1 N–H and O–H groups in total. The number of nitrogens with zero attached hydrogens (tertiary/aromatic N) is 3. The first-order chi connectivity index (χ1) is 14.0. The summed E-state index contributed by atoms with van der Waals surface area (Å²) in [5, 5.41) is 9.88. The van der Waals surface area contributed by atoms with Crippen LogP contribution in [0.25, 0.3) is 11.0 Å². The van der Waals surface area contributed by atoms with Gasteiger partial charge in [-0.2, -0.15) is 0 Å². The van der Waals surface area contributed by atoms with Crippen molar-refractivity contribution < 1.29 is 14.6 Å². The van der Waals surface area contributed by atoms with Crippen LogP contribution in [0.4, 0.5) is 0 Å². The van der Waals surface area contributed by atoms with E-state index in [9.17, 15) is 9.90 Å². The van der Waals surface area contributed by atoms with Gasteiger partial charge in [-0.3, -0.25) is 4.79 Å². The number of hydrogen-bond donors (Lipinski definition) is 1. The van der Waals surface area contributed by atoms with Gasteiger partial charge in [0, 0.05) is 31.3 Å². The van der Waals surface area contributed by atoms with Crippen LogP contribution in [-0.4, -0.2) is 44.7 Å². The third-order valence-corrected chi connectivity index (χ3v) is 6.23. The van der Waals surface area contributed by atoms with E-state index < -0.39 is 6.10 Å². The van der Waals surface area contributed by atoms with Crippen LogP contribution in [0, 0.1) is 6.92 Å². The van der Waals surface area contributed by atoms with Crippen molar-refractivity contribution in [2.45, 2.75) is 38.4 Å². The van der Waals surface area contributed by atoms with Gasteiger partial charge in [0.15, 0.2) is 5.75 Å². The van der Waals surface area contributed by atoms with Crippen molar-refractivity contribution in [2.24, 2.45) is 7.05 Å². The minimum Gasteiger partial charge on any atom is -0.483 e. The number of rotatable bonds is 2. The largest absolute Gasteiger partial charge is 0.483 e. The number of aliphatic hydroxyl groups excluding tert-OH is 1. The highest BCUT2D eigenvalue weighted by Gasteiger charge is 2.33. The molecule has 1 saturated heterocycles. The molecule has 1 fully saturated rings. The lowest BCUT2D eigenvalue weighted by Gasteiger charge is -2.29. The molecular weight excluding hydrogens is 366 g/mol. The molecule has 2 atom stereocenters. The molecule has 2 aliphatic heterocycles. The summed E-state index contributed by atoms with van der Waals surface area (Å²) in [4.78, 5) is 19.8. The fourth-order valence-corrected chi connectivity index (χ4v) is 4.49. The summed E-state index contributed by atoms with van der Waals surface area (Å²) >= 11 is 0. The summed E-state index contributed by atoms with van der Waals surface area (Å²) in [6.45, 7) is 2.94. The fourth-order valence-electron chi connectivity index (χ4n) is 4.49. The number of carbonyl (C=O) groups is 1. The molecule has 0 radical (unpaired) electrons. The van der Waals surface area contributed by atoms with Crippen LogP contribution >= 0.6 is 0 Å². The van der Waals surface area contributed by atoms with Crippen molar-refractivity contribution >= 4 is 16.9 Å². The predicted octanol–water partition coefficient (Wildman–Crippen LogP) is 3.15. The van der Waals surface area contributed by atoms with Crippen LogP contribution < -0.4 is 4.74 Å². The molecule has 6 heteroatoms. The predicted molar refractivity (Wildman–Crippen MR) is 110 cm³/mol. The Morgan fingerprint density at radius 3 is 2.76 bits per heavy atom. The zero-order valence-electron chi connectivity index (χ0n) is 16.8. The van der Waals surface area contributed by atoms with E-state index >= 15 is 0 Å². The highest BCUT2D eigenvalue weighted by Crippen LogP contribution is 2.42. The fraction of sp³-hybridized carbons (Fsp3) is 0.391. The van der Waals surface area contributed by atoms with Gasteiger partial charge in [-0.1, -0.05) is 30.3 Å². The number of fused-ring (bicyclic) bond motifs is 3. The van der Waals surface area contributed by atoms with Crippen LogP contribution in [0.1, 0.15) is 46.3 Å². The minimum absolute atomic E-state index is 0.0275. The Hall–Kier alpha value is -2.86. The van der Waals surface area contributed by atoms with E-state index in [1.165, 1.54) is 0 Å². The van der Waals surface area contributed by atoms with E-state index in [0.717, 1.165) is 46.6 Å². The molecule has 0 spiro atoms. The van der Waals surface area contributed by atoms with E-state index in [1.54, 1.807) is 4.90 Å². The van der Waals surface area contributed by atoms with Crippen molar-refractivity contribution in [1.82, 2.24) is 14.5 Å². The molecular formula is C23H25N3O3. The highest BCUT2D eigenvalue weighted by atomic mass is 16.5. The summed E-state index contributed by atoms with van der Waals surface area (Å²) in [5.74, 6) is 1.59. The molecule has 2 unspecified atom stereocenters. The smallest absolute Gasteiger partial charge is 0.254 e. The van der Waals surface area contributed by atoms with Crippen LogP contribution in [0.2, 0.25) is 0 Å². The van der Waals surface area contributed by atoms with Crippen LogP contribution in [0.5, 0.6) is 5.75 Å². The molecule has 0 bridgehead atoms. The summed E-state index contributed by atoms with van der Waals surface area (Å²) in [6, 6.07) is 12.2. The second-order valence-corrected chi connectivity index (χ2v) is 8.07.